The summed E-state index contributed by atoms with van der Waals surface area (Å²) < 4.78 is 29.9. The molecule has 1 fully saturated rings. The summed E-state index contributed by atoms with van der Waals surface area (Å²) in [7, 11) is 1.60. The summed E-state index contributed by atoms with van der Waals surface area (Å²) in [5.41, 5.74) is 0.938. The van der Waals surface area contributed by atoms with Gasteiger partial charge in [0.2, 0.25) is 5.89 Å². The van der Waals surface area contributed by atoms with Crippen molar-refractivity contribution < 1.29 is 23.1 Å². The van der Waals surface area contributed by atoms with Crippen LogP contribution in [0.5, 0.6) is 11.5 Å². The lowest BCUT2D eigenvalue weighted by atomic mass is 10.0. The Kier molecular flexibility index (Phi) is 6.50. The lowest BCUT2D eigenvalue weighted by Crippen LogP contribution is -2.41. The van der Waals surface area contributed by atoms with E-state index < -0.39 is 0 Å². The van der Waals surface area contributed by atoms with Gasteiger partial charge in [0.25, 0.3) is 5.91 Å². The summed E-state index contributed by atoms with van der Waals surface area (Å²) in [6.07, 6.45) is 4.94. The molecule has 7 heteroatoms. The van der Waals surface area contributed by atoms with Crippen LogP contribution >= 0.6 is 0 Å². The van der Waals surface area contributed by atoms with E-state index in [-0.39, 0.29) is 24.4 Å². The summed E-state index contributed by atoms with van der Waals surface area (Å²) in [5.74, 6) is 2.20. The van der Waals surface area contributed by atoms with Crippen molar-refractivity contribution in [1.82, 2.24) is 9.88 Å². The molecule has 1 aliphatic rings. The van der Waals surface area contributed by atoms with Gasteiger partial charge in [-0.3, -0.25) is 4.79 Å². The molecule has 0 radical (unpaired) electrons. The third-order valence-corrected chi connectivity index (χ3v) is 5.39. The Morgan fingerprint density at radius 2 is 1.87 bits per heavy atom. The van der Waals surface area contributed by atoms with E-state index in [1.807, 2.05) is 0 Å². The number of methoxy groups -OCH3 is 1. The van der Waals surface area contributed by atoms with Gasteiger partial charge in [0.1, 0.15) is 29.1 Å². The number of oxazole rings is 1. The Morgan fingerprint density at radius 1 is 1.13 bits per heavy atom. The highest BCUT2D eigenvalue weighted by atomic mass is 19.1. The van der Waals surface area contributed by atoms with Crippen molar-refractivity contribution in [2.24, 2.45) is 0 Å². The number of carbonyl (C=O) groups is 1. The fourth-order valence-electron chi connectivity index (χ4n) is 3.75. The Morgan fingerprint density at radius 3 is 2.61 bits per heavy atom. The predicted molar refractivity (Wildman–Crippen MR) is 113 cm³/mol. The number of nitrogens with zero attached hydrogens (tertiary/aromatic N) is 2. The lowest BCUT2D eigenvalue weighted by molar-refractivity contribution is -0.137. The van der Waals surface area contributed by atoms with E-state index in [1.165, 1.54) is 12.1 Å². The second-order valence-electron chi connectivity index (χ2n) is 7.53. The number of rotatable bonds is 7. The summed E-state index contributed by atoms with van der Waals surface area (Å²) in [5, 5.41) is 0. The number of hydrogen-bond acceptors (Lipinski definition) is 5. The first-order valence-electron chi connectivity index (χ1n) is 10.4. The SMILES string of the molecule is COc1ccc(OCC(=O)N2CCCC[C@H]2c2ncc(Cc3ccc(F)cc3)o2)cc1. The predicted octanol–water partition coefficient (Wildman–Crippen LogP) is 4.55. The van der Waals surface area contributed by atoms with Gasteiger partial charge in [0.15, 0.2) is 6.61 Å². The van der Waals surface area contributed by atoms with E-state index in [1.54, 1.807) is 54.6 Å². The molecule has 1 saturated heterocycles. The number of amides is 1. The minimum Gasteiger partial charge on any atom is -0.497 e. The highest BCUT2D eigenvalue weighted by Crippen LogP contribution is 2.31. The van der Waals surface area contributed by atoms with Crippen LogP contribution in [0.3, 0.4) is 0 Å². The fraction of sp³-hybridized carbons (Fsp3) is 0.333. The fourth-order valence-corrected chi connectivity index (χ4v) is 3.75. The van der Waals surface area contributed by atoms with Crippen molar-refractivity contribution in [3.8, 4) is 11.5 Å². The van der Waals surface area contributed by atoms with Crippen LogP contribution in [0.1, 0.15) is 42.5 Å². The monoisotopic (exact) mass is 424 g/mol. The number of carbonyl (C=O) groups excluding carboxylic acids is 1. The molecule has 0 bridgehead atoms. The highest BCUT2D eigenvalue weighted by molar-refractivity contribution is 5.78. The lowest BCUT2D eigenvalue weighted by Gasteiger charge is -2.33. The zero-order chi connectivity index (χ0) is 21.6. The molecule has 1 aliphatic heterocycles. The third-order valence-electron chi connectivity index (χ3n) is 5.39. The van der Waals surface area contributed by atoms with Crippen LogP contribution in [0.2, 0.25) is 0 Å². The van der Waals surface area contributed by atoms with Crippen molar-refractivity contribution in [1.29, 1.82) is 0 Å². The van der Waals surface area contributed by atoms with Crippen molar-refractivity contribution in [2.75, 3.05) is 20.3 Å². The minimum atomic E-state index is -0.268. The smallest absolute Gasteiger partial charge is 0.261 e. The van der Waals surface area contributed by atoms with E-state index in [9.17, 15) is 9.18 Å². The number of benzene rings is 2. The molecule has 1 atom stereocenters. The minimum absolute atomic E-state index is 0.0496. The number of likely N-dealkylation sites (tertiary alicyclic amines) is 1. The number of ether oxygens (including phenoxy) is 2. The molecule has 0 aliphatic carbocycles. The van der Waals surface area contributed by atoms with Crippen molar-refractivity contribution in [2.45, 2.75) is 31.7 Å². The first kappa shape index (κ1) is 20.9. The van der Waals surface area contributed by atoms with E-state index in [2.05, 4.69) is 4.98 Å². The molecule has 1 amide bonds. The average molecular weight is 424 g/mol. The first-order chi connectivity index (χ1) is 15.1. The van der Waals surface area contributed by atoms with Gasteiger partial charge in [0.05, 0.1) is 13.3 Å². The molecular weight excluding hydrogens is 399 g/mol. The zero-order valence-corrected chi connectivity index (χ0v) is 17.4. The van der Waals surface area contributed by atoms with E-state index in [4.69, 9.17) is 13.9 Å². The van der Waals surface area contributed by atoms with Crippen molar-refractivity contribution >= 4 is 5.91 Å². The van der Waals surface area contributed by atoms with Gasteiger partial charge in [0, 0.05) is 13.0 Å². The maximum Gasteiger partial charge on any atom is 0.261 e. The zero-order valence-electron chi connectivity index (χ0n) is 17.4. The van der Waals surface area contributed by atoms with Gasteiger partial charge < -0.3 is 18.8 Å². The Hall–Kier alpha value is -3.35. The van der Waals surface area contributed by atoms with Crippen LogP contribution in [0.15, 0.2) is 59.1 Å². The molecule has 1 aromatic heterocycles. The average Bonchev–Trinajstić information content (AvgIpc) is 3.27. The Balaban J connectivity index is 1.40. The van der Waals surface area contributed by atoms with Crippen LogP contribution in [-0.4, -0.2) is 36.1 Å². The summed E-state index contributed by atoms with van der Waals surface area (Å²) in [4.78, 5) is 19.1. The second kappa shape index (κ2) is 9.64. The first-order valence-corrected chi connectivity index (χ1v) is 10.4. The van der Waals surface area contributed by atoms with Gasteiger partial charge >= 0.3 is 0 Å². The maximum absolute atomic E-state index is 13.1. The van der Waals surface area contributed by atoms with Crippen LogP contribution in [0.25, 0.3) is 0 Å². The number of halogens is 1. The molecule has 0 unspecified atom stereocenters. The van der Waals surface area contributed by atoms with Gasteiger partial charge in [-0.1, -0.05) is 12.1 Å². The normalized spacial score (nSPS) is 16.2. The standard InChI is InChI=1S/C24H25FN2O4/c1-29-19-9-11-20(12-10-19)30-16-23(28)27-13-3-2-4-22(27)24-26-15-21(31-24)14-17-5-7-18(25)8-6-17/h5-12,15,22H,2-4,13-14,16H2,1H3/t22-/m0/s1. The molecule has 2 aromatic carbocycles. The molecule has 0 spiro atoms. The number of piperidine rings is 1. The molecule has 0 saturated carbocycles. The van der Waals surface area contributed by atoms with E-state index in [0.717, 1.165) is 30.6 Å². The van der Waals surface area contributed by atoms with Gasteiger partial charge in [-0.05, 0) is 61.2 Å². The van der Waals surface area contributed by atoms with Gasteiger partial charge in [-0.15, -0.1) is 0 Å². The molecule has 6 nitrogen and oxygen atoms in total. The highest BCUT2D eigenvalue weighted by Gasteiger charge is 2.31. The number of hydrogen-bond donors (Lipinski definition) is 0. The van der Waals surface area contributed by atoms with Crippen molar-refractivity contribution in [3.05, 3.63) is 77.8 Å². The Labute approximate surface area is 180 Å². The molecule has 4 rings (SSSR count). The topological polar surface area (TPSA) is 64.8 Å². The van der Waals surface area contributed by atoms with Crippen LogP contribution in [0.4, 0.5) is 4.39 Å². The number of aromatic nitrogens is 1. The van der Waals surface area contributed by atoms with Crippen LogP contribution < -0.4 is 9.47 Å². The summed E-state index contributed by atoms with van der Waals surface area (Å²) in [6.45, 7) is 0.594. The van der Waals surface area contributed by atoms with Gasteiger partial charge in [-0.25, -0.2) is 9.37 Å². The molecule has 162 valence electrons. The Bertz CT molecular complexity index is 1000. The summed E-state index contributed by atoms with van der Waals surface area (Å²) in [6, 6.07) is 13.2. The van der Waals surface area contributed by atoms with Crippen LogP contribution in [-0.2, 0) is 11.2 Å². The second-order valence-corrected chi connectivity index (χ2v) is 7.53. The van der Waals surface area contributed by atoms with E-state index >= 15 is 0 Å². The molecule has 2 heterocycles. The largest absolute Gasteiger partial charge is 0.497 e. The third kappa shape index (κ3) is 5.23. The quantitative estimate of drug-likeness (QED) is 0.557. The molecule has 31 heavy (non-hydrogen) atoms. The molecule has 0 N–H and O–H groups in total. The molecule has 3 aromatic rings. The van der Waals surface area contributed by atoms with Gasteiger partial charge in [-0.2, -0.15) is 0 Å². The van der Waals surface area contributed by atoms with Crippen molar-refractivity contribution in [3.63, 3.8) is 0 Å². The van der Waals surface area contributed by atoms with Crippen LogP contribution in [0, 0.1) is 5.82 Å². The molecular formula is C24H25FN2O4. The summed E-state index contributed by atoms with van der Waals surface area (Å²) >= 11 is 0. The maximum atomic E-state index is 13.1. The van der Waals surface area contributed by atoms with E-state index in [0.29, 0.717) is 30.4 Å².